The third-order valence-corrected chi connectivity index (χ3v) is 2.26. The average molecular weight is 248 g/mol. The SMILES string of the molecule is CCOC(=O)c1nnnn1Cc1ccc(O)cc1. The Morgan fingerprint density at radius 3 is 2.78 bits per heavy atom. The molecule has 1 N–H and O–H groups in total. The van der Waals surface area contributed by atoms with Crippen molar-refractivity contribution in [2.45, 2.75) is 13.5 Å². The summed E-state index contributed by atoms with van der Waals surface area (Å²) in [6, 6.07) is 6.57. The lowest BCUT2D eigenvalue weighted by Gasteiger charge is -2.04. The van der Waals surface area contributed by atoms with E-state index in [0.29, 0.717) is 6.54 Å². The molecule has 7 heteroatoms. The summed E-state index contributed by atoms with van der Waals surface area (Å²) in [5.74, 6) is -0.313. The van der Waals surface area contributed by atoms with Gasteiger partial charge in [0.1, 0.15) is 5.75 Å². The summed E-state index contributed by atoms with van der Waals surface area (Å²) in [4.78, 5) is 11.5. The lowest BCUT2D eigenvalue weighted by molar-refractivity contribution is 0.0505. The number of carbonyl (C=O) groups excluding carboxylic acids is 1. The number of esters is 1. The maximum atomic E-state index is 11.5. The first-order chi connectivity index (χ1) is 8.70. The van der Waals surface area contributed by atoms with Crippen molar-refractivity contribution in [3.8, 4) is 5.75 Å². The van der Waals surface area contributed by atoms with Crippen molar-refractivity contribution in [1.29, 1.82) is 0 Å². The minimum atomic E-state index is -0.554. The summed E-state index contributed by atoms with van der Waals surface area (Å²) in [7, 11) is 0. The van der Waals surface area contributed by atoms with Gasteiger partial charge in [-0.1, -0.05) is 12.1 Å². The van der Waals surface area contributed by atoms with E-state index >= 15 is 0 Å². The Balaban J connectivity index is 2.17. The molecule has 1 heterocycles. The second-order valence-electron chi connectivity index (χ2n) is 3.55. The topological polar surface area (TPSA) is 90.1 Å². The number of tetrazole rings is 1. The van der Waals surface area contributed by atoms with Crippen LogP contribution < -0.4 is 0 Å². The van der Waals surface area contributed by atoms with Crippen LogP contribution >= 0.6 is 0 Å². The Kier molecular flexibility index (Phi) is 3.52. The average Bonchev–Trinajstić information content (AvgIpc) is 2.81. The third-order valence-electron chi connectivity index (χ3n) is 2.26. The van der Waals surface area contributed by atoms with Crippen LogP contribution in [0.25, 0.3) is 0 Å². The zero-order valence-corrected chi connectivity index (χ0v) is 9.78. The monoisotopic (exact) mass is 248 g/mol. The molecule has 0 saturated carbocycles. The fraction of sp³-hybridized carbons (Fsp3) is 0.273. The molecule has 1 aromatic heterocycles. The highest BCUT2D eigenvalue weighted by molar-refractivity contribution is 5.85. The molecule has 0 spiro atoms. The van der Waals surface area contributed by atoms with Crippen LogP contribution in [0.1, 0.15) is 23.1 Å². The van der Waals surface area contributed by atoms with Gasteiger partial charge < -0.3 is 9.84 Å². The van der Waals surface area contributed by atoms with E-state index in [4.69, 9.17) is 4.74 Å². The van der Waals surface area contributed by atoms with E-state index in [1.54, 1.807) is 31.2 Å². The molecule has 0 atom stereocenters. The lowest BCUT2D eigenvalue weighted by atomic mass is 10.2. The van der Waals surface area contributed by atoms with Crippen molar-refractivity contribution in [1.82, 2.24) is 20.2 Å². The highest BCUT2D eigenvalue weighted by Gasteiger charge is 2.16. The van der Waals surface area contributed by atoms with Crippen molar-refractivity contribution in [2.75, 3.05) is 6.61 Å². The molecule has 0 aliphatic carbocycles. The van der Waals surface area contributed by atoms with Crippen LogP contribution in [0.4, 0.5) is 0 Å². The second kappa shape index (κ2) is 5.26. The van der Waals surface area contributed by atoms with Crippen LogP contribution in [0.3, 0.4) is 0 Å². The van der Waals surface area contributed by atoms with Crippen molar-refractivity contribution in [3.05, 3.63) is 35.7 Å². The first-order valence-corrected chi connectivity index (χ1v) is 5.42. The van der Waals surface area contributed by atoms with Crippen LogP contribution in [0.15, 0.2) is 24.3 Å². The number of hydrogen-bond acceptors (Lipinski definition) is 6. The Hall–Kier alpha value is -2.44. The third kappa shape index (κ3) is 2.62. The van der Waals surface area contributed by atoms with E-state index in [1.165, 1.54) is 4.68 Å². The molecule has 0 bridgehead atoms. The van der Waals surface area contributed by atoms with Gasteiger partial charge in [-0.15, -0.1) is 5.10 Å². The Labute approximate surface area is 103 Å². The van der Waals surface area contributed by atoms with Gasteiger partial charge in [-0.2, -0.15) is 0 Å². The van der Waals surface area contributed by atoms with Gasteiger partial charge in [-0.25, -0.2) is 9.48 Å². The standard InChI is InChI=1S/C11H12N4O3/c1-2-18-11(17)10-12-13-14-15(10)7-8-3-5-9(16)6-4-8/h3-6,16H,2,7H2,1H3. The summed E-state index contributed by atoms with van der Waals surface area (Å²) >= 11 is 0. The van der Waals surface area contributed by atoms with E-state index in [0.717, 1.165) is 5.56 Å². The number of phenols is 1. The molecule has 18 heavy (non-hydrogen) atoms. The van der Waals surface area contributed by atoms with Gasteiger partial charge in [-0.05, 0) is 35.0 Å². The van der Waals surface area contributed by atoms with Gasteiger partial charge >= 0.3 is 5.97 Å². The predicted octanol–water partition coefficient (Wildman–Crippen LogP) is 0.604. The summed E-state index contributed by atoms with van der Waals surface area (Å²) in [5, 5.41) is 20.0. The first-order valence-electron chi connectivity index (χ1n) is 5.42. The summed E-state index contributed by atoms with van der Waals surface area (Å²) < 4.78 is 6.19. The molecule has 7 nitrogen and oxygen atoms in total. The fourth-order valence-corrected chi connectivity index (χ4v) is 1.43. The number of nitrogens with zero attached hydrogens (tertiary/aromatic N) is 4. The molecule has 0 aliphatic heterocycles. The zero-order valence-electron chi connectivity index (χ0n) is 9.78. The van der Waals surface area contributed by atoms with E-state index in [1.807, 2.05) is 0 Å². The molecule has 0 radical (unpaired) electrons. The van der Waals surface area contributed by atoms with Crippen LogP contribution in [0.2, 0.25) is 0 Å². The minimum Gasteiger partial charge on any atom is -0.508 e. The molecule has 2 aromatic rings. The number of rotatable bonds is 4. The quantitative estimate of drug-likeness (QED) is 0.797. The normalized spacial score (nSPS) is 10.3. The number of benzene rings is 1. The Morgan fingerprint density at radius 2 is 2.11 bits per heavy atom. The smallest absolute Gasteiger partial charge is 0.378 e. The summed E-state index contributed by atoms with van der Waals surface area (Å²) in [6.45, 7) is 2.32. The van der Waals surface area contributed by atoms with Gasteiger partial charge in [0.25, 0.3) is 5.82 Å². The number of hydrogen-bond donors (Lipinski definition) is 1. The van der Waals surface area contributed by atoms with E-state index in [-0.39, 0.29) is 18.2 Å². The number of carbonyl (C=O) groups is 1. The van der Waals surface area contributed by atoms with Crippen molar-refractivity contribution in [3.63, 3.8) is 0 Å². The zero-order chi connectivity index (χ0) is 13.0. The molecule has 0 amide bonds. The summed E-state index contributed by atoms with van der Waals surface area (Å²) in [6.07, 6.45) is 0. The number of aromatic nitrogens is 4. The number of ether oxygens (including phenoxy) is 1. The minimum absolute atomic E-state index is 0.0601. The molecule has 1 aromatic carbocycles. The summed E-state index contributed by atoms with van der Waals surface area (Å²) in [5.41, 5.74) is 0.866. The Bertz CT molecular complexity index is 535. The van der Waals surface area contributed by atoms with Crippen LogP contribution in [-0.2, 0) is 11.3 Å². The maximum absolute atomic E-state index is 11.5. The molecule has 0 fully saturated rings. The molecule has 2 rings (SSSR count). The molecular formula is C11H12N4O3. The highest BCUT2D eigenvalue weighted by atomic mass is 16.5. The molecule has 0 unspecified atom stereocenters. The molecule has 0 aliphatic rings. The maximum Gasteiger partial charge on any atom is 0.378 e. The van der Waals surface area contributed by atoms with E-state index < -0.39 is 5.97 Å². The highest BCUT2D eigenvalue weighted by Crippen LogP contribution is 2.11. The Morgan fingerprint density at radius 1 is 1.39 bits per heavy atom. The first kappa shape index (κ1) is 12.0. The number of phenolic OH excluding ortho intramolecular Hbond substituents is 1. The van der Waals surface area contributed by atoms with Crippen molar-refractivity contribution >= 4 is 5.97 Å². The molecular weight excluding hydrogens is 236 g/mol. The van der Waals surface area contributed by atoms with Gasteiger partial charge in [0.2, 0.25) is 0 Å². The van der Waals surface area contributed by atoms with Crippen molar-refractivity contribution in [2.24, 2.45) is 0 Å². The lowest BCUT2D eigenvalue weighted by Crippen LogP contribution is -2.15. The van der Waals surface area contributed by atoms with Crippen LogP contribution in [0.5, 0.6) is 5.75 Å². The van der Waals surface area contributed by atoms with Crippen molar-refractivity contribution < 1.29 is 14.6 Å². The number of aromatic hydroxyl groups is 1. The van der Waals surface area contributed by atoms with Crippen LogP contribution in [-0.4, -0.2) is 37.9 Å². The van der Waals surface area contributed by atoms with Gasteiger partial charge in [0.15, 0.2) is 0 Å². The largest absolute Gasteiger partial charge is 0.508 e. The van der Waals surface area contributed by atoms with E-state index in [2.05, 4.69) is 15.5 Å². The van der Waals surface area contributed by atoms with Crippen LogP contribution in [0, 0.1) is 0 Å². The predicted molar refractivity (Wildman–Crippen MR) is 61.0 cm³/mol. The van der Waals surface area contributed by atoms with Gasteiger partial charge in [-0.3, -0.25) is 0 Å². The van der Waals surface area contributed by atoms with E-state index in [9.17, 15) is 9.90 Å². The van der Waals surface area contributed by atoms with Gasteiger partial charge in [0.05, 0.1) is 13.2 Å². The second-order valence-corrected chi connectivity index (χ2v) is 3.55. The molecule has 94 valence electrons. The van der Waals surface area contributed by atoms with Gasteiger partial charge in [0, 0.05) is 0 Å². The fourth-order valence-electron chi connectivity index (χ4n) is 1.43. The molecule has 0 saturated heterocycles.